The molecule has 0 aliphatic heterocycles. The summed E-state index contributed by atoms with van der Waals surface area (Å²) >= 11 is 1.80. The van der Waals surface area contributed by atoms with Crippen molar-refractivity contribution in [3.05, 3.63) is 76.2 Å². The van der Waals surface area contributed by atoms with Crippen LogP contribution in [-0.2, 0) is 19.5 Å². The Morgan fingerprint density at radius 2 is 2.12 bits per heavy atom. The lowest BCUT2D eigenvalue weighted by Crippen LogP contribution is -2.39. The minimum atomic E-state index is 0.753. The average Bonchev–Trinajstić information content (AvgIpc) is 3.35. The number of rotatable bonds is 7. The summed E-state index contributed by atoms with van der Waals surface area (Å²) in [4.78, 5) is 7.98. The van der Waals surface area contributed by atoms with Crippen LogP contribution in [0.1, 0.15) is 16.0 Å². The first kappa shape index (κ1) is 18.2. The zero-order valence-corrected chi connectivity index (χ0v) is 16.1. The van der Waals surface area contributed by atoms with Crippen molar-refractivity contribution in [3.8, 4) is 0 Å². The van der Waals surface area contributed by atoms with Crippen LogP contribution in [0.25, 0.3) is 0 Å². The number of aliphatic imine (C=N–C) groups is 1. The van der Waals surface area contributed by atoms with Crippen LogP contribution in [0.5, 0.6) is 0 Å². The number of benzene rings is 1. The molecule has 0 unspecified atom stereocenters. The first-order valence-corrected chi connectivity index (χ1v) is 9.62. The fourth-order valence-electron chi connectivity index (χ4n) is 2.82. The van der Waals surface area contributed by atoms with Gasteiger partial charge in [0.25, 0.3) is 0 Å². The second-order valence-electron chi connectivity index (χ2n) is 6.18. The van der Waals surface area contributed by atoms with Crippen LogP contribution in [0.15, 0.2) is 65.2 Å². The van der Waals surface area contributed by atoms with Gasteiger partial charge in [0.1, 0.15) is 0 Å². The maximum absolute atomic E-state index is 4.41. The molecule has 1 aromatic carbocycles. The van der Waals surface area contributed by atoms with Crippen LogP contribution < -0.4 is 5.32 Å². The van der Waals surface area contributed by atoms with Gasteiger partial charge in [0.2, 0.25) is 0 Å². The maximum atomic E-state index is 4.41. The third-order valence-corrected chi connectivity index (χ3v) is 5.13. The summed E-state index contributed by atoms with van der Waals surface area (Å²) in [7, 11) is 3.91. The minimum absolute atomic E-state index is 0.753. The molecular weight excluding hydrogens is 342 g/mol. The van der Waals surface area contributed by atoms with Gasteiger partial charge in [-0.15, -0.1) is 11.3 Å². The van der Waals surface area contributed by atoms with Crippen molar-refractivity contribution in [1.82, 2.24) is 20.0 Å². The molecule has 0 fully saturated rings. The Hall–Kier alpha value is -2.60. The number of nitrogens with one attached hydrogen (secondary N) is 1. The fraction of sp³-hybridized carbons (Fsp3) is 0.300. The highest BCUT2D eigenvalue weighted by Gasteiger charge is 2.07. The Balaban J connectivity index is 1.53. The lowest BCUT2D eigenvalue weighted by Gasteiger charge is -2.22. The van der Waals surface area contributed by atoms with Crippen LogP contribution in [0.2, 0.25) is 0 Å². The summed E-state index contributed by atoms with van der Waals surface area (Å²) in [6, 6.07) is 14.8. The lowest BCUT2D eigenvalue weighted by molar-refractivity contribution is 0.486. The van der Waals surface area contributed by atoms with Crippen molar-refractivity contribution in [2.24, 2.45) is 4.99 Å². The predicted octanol–water partition coefficient (Wildman–Crippen LogP) is 3.24. The molecule has 3 rings (SSSR count). The number of guanidine groups is 1. The number of aromatic nitrogens is 2. The molecule has 1 N–H and O–H groups in total. The molecule has 6 heteroatoms. The Morgan fingerprint density at radius 1 is 1.23 bits per heavy atom. The van der Waals surface area contributed by atoms with E-state index < -0.39 is 0 Å². The van der Waals surface area contributed by atoms with Crippen LogP contribution in [-0.4, -0.2) is 41.3 Å². The molecular formula is C20H25N5S. The van der Waals surface area contributed by atoms with Crippen LogP contribution in [0.4, 0.5) is 0 Å². The number of hydrogen-bond acceptors (Lipinski definition) is 3. The highest BCUT2D eigenvalue weighted by Crippen LogP contribution is 2.10. The average molecular weight is 368 g/mol. The van der Waals surface area contributed by atoms with E-state index in [0.29, 0.717) is 0 Å². The van der Waals surface area contributed by atoms with Gasteiger partial charge in [0, 0.05) is 44.5 Å². The number of likely N-dealkylation sites (N-methyl/N-ethyl adjacent to an activating group) is 1. The highest BCUT2D eigenvalue weighted by molar-refractivity contribution is 7.09. The molecule has 3 aromatic rings. The highest BCUT2D eigenvalue weighted by atomic mass is 32.1. The molecule has 0 aliphatic carbocycles. The van der Waals surface area contributed by atoms with Crippen LogP contribution in [0.3, 0.4) is 0 Å². The van der Waals surface area contributed by atoms with Crippen molar-refractivity contribution >= 4 is 17.3 Å². The molecule has 0 saturated carbocycles. The summed E-state index contributed by atoms with van der Waals surface area (Å²) in [5.74, 6) is 0.916. The Kier molecular flexibility index (Phi) is 6.44. The van der Waals surface area contributed by atoms with E-state index in [-0.39, 0.29) is 0 Å². The molecule has 0 radical (unpaired) electrons. The minimum Gasteiger partial charge on any atom is -0.352 e. The first-order valence-electron chi connectivity index (χ1n) is 8.74. The van der Waals surface area contributed by atoms with Gasteiger partial charge >= 0.3 is 0 Å². The molecule has 0 aliphatic rings. The van der Waals surface area contributed by atoms with Gasteiger partial charge in [-0.2, -0.15) is 5.10 Å². The SMILES string of the molecule is CN=C(NCc1cccc(Cn2cccn2)c1)N(C)CCc1cccs1. The van der Waals surface area contributed by atoms with Gasteiger partial charge in [-0.3, -0.25) is 9.67 Å². The number of hydrogen-bond donors (Lipinski definition) is 1. The third-order valence-electron chi connectivity index (χ3n) is 4.19. The first-order chi connectivity index (χ1) is 12.7. The molecule has 5 nitrogen and oxygen atoms in total. The topological polar surface area (TPSA) is 45.5 Å². The zero-order chi connectivity index (χ0) is 18.2. The summed E-state index contributed by atoms with van der Waals surface area (Å²) in [6.07, 6.45) is 4.82. The Bertz CT molecular complexity index is 809. The van der Waals surface area contributed by atoms with Crippen molar-refractivity contribution in [2.75, 3.05) is 20.6 Å². The van der Waals surface area contributed by atoms with Crippen LogP contribution >= 0.6 is 11.3 Å². The normalized spacial score (nSPS) is 11.5. The van der Waals surface area contributed by atoms with E-state index >= 15 is 0 Å². The molecule has 2 heterocycles. The van der Waals surface area contributed by atoms with E-state index in [9.17, 15) is 0 Å². The smallest absolute Gasteiger partial charge is 0.193 e. The van der Waals surface area contributed by atoms with Gasteiger partial charge in [-0.25, -0.2) is 0 Å². The third kappa shape index (κ3) is 5.20. The molecule has 0 spiro atoms. The number of thiophene rings is 1. The maximum Gasteiger partial charge on any atom is 0.193 e. The molecule has 2 aromatic heterocycles. The van der Waals surface area contributed by atoms with Gasteiger partial charge in [0.15, 0.2) is 5.96 Å². The molecule has 0 amide bonds. The van der Waals surface area contributed by atoms with E-state index in [1.165, 1.54) is 16.0 Å². The largest absolute Gasteiger partial charge is 0.352 e. The molecule has 0 atom stereocenters. The summed E-state index contributed by atoms with van der Waals surface area (Å²) in [5, 5.41) is 9.85. The molecule has 0 saturated heterocycles. The monoisotopic (exact) mass is 367 g/mol. The van der Waals surface area contributed by atoms with Gasteiger partial charge in [0.05, 0.1) is 6.54 Å². The second kappa shape index (κ2) is 9.20. The van der Waals surface area contributed by atoms with Gasteiger partial charge < -0.3 is 10.2 Å². The summed E-state index contributed by atoms with van der Waals surface area (Å²) in [6.45, 7) is 2.48. The zero-order valence-electron chi connectivity index (χ0n) is 15.3. The van der Waals surface area contributed by atoms with E-state index in [1.807, 2.05) is 24.0 Å². The molecule has 136 valence electrons. The molecule has 26 heavy (non-hydrogen) atoms. The van der Waals surface area contributed by atoms with Gasteiger partial charge in [-0.1, -0.05) is 30.3 Å². The van der Waals surface area contributed by atoms with Crippen molar-refractivity contribution in [2.45, 2.75) is 19.5 Å². The Morgan fingerprint density at radius 3 is 2.85 bits per heavy atom. The van der Waals surface area contributed by atoms with Crippen LogP contribution in [0, 0.1) is 0 Å². The number of nitrogens with zero attached hydrogens (tertiary/aromatic N) is 4. The quantitative estimate of drug-likeness (QED) is 0.515. The van der Waals surface area contributed by atoms with Crippen molar-refractivity contribution in [3.63, 3.8) is 0 Å². The molecule has 0 bridgehead atoms. The van der Waals surface area contributed by atoms with E-state index in [2.05, 4.69) is 69.1 Å². The Labute approximate surface area is 159 Å². The van der Waals surface area contributed by atoms with E-state index in [4.69, 9.17) is 0 Å². The summed E-state index contributed by atoms with van der Waals surface area (Å²) in [5.41, 5.74) is 2.48. The van der Waals surface area contributed by atoms with Gasteiger partial charge in [-0.05, 0) is 35.1 Å². The fourth-order valence-corrected chi connectivity index (χ4v) is 3.52. The standard InChI is InChI=1S/C20H25N5S/c1-21-20(24(2)12-9-19-8-4-13-26-19)22-15-17-6-3-7-18(14-17)16-25-11-5-10-23-25/h3-8,10-11,13-14H,9,12,15-16H2,1-2H3,(H,21,22). The second-order valence-corrected chi connectivity index (χ2v) is 7.21. The lowest BCUT2D eigenvalue weighted by atomic mass is 10.1. The van der Waals surface area contributed by atoms with E-state index in [1.54, 1.807) is 17.5 Å². The summed E-state index contributed by atoms with van der Waals surface area (Å²) < 4.78 is 1.93. The van der Waals surface area contributed by atoms with E-state index in [0.717, 1.165) is 32.0 Å². The predicted molar refractivity (Wildman–Crippen MR) is 109 cm³/mol. The van der Waals surface area contributed by atoms with Crippen molar-refractivity contribution in [1.29, 1.82) is 0 Å². The van der Waals surface area contributed by atoms with Crippen molar-refractivity contribution < 1.29 is 0 Å².